The maximum Gasteiger partial charge on any atom is 0.0461 e. The molecule has 0 heterocycles. The average molecular weight is 301 g/mol. The van der Waals surface area contributed by atoms with E-state index in [1.807, 2.05) is 6.08 Å². The van der Waals surface area contributed by atoms with Crippen molar-refractivity contribution in [3.05, 3.63) is 96.2 Å². The first-order chi connectivity index (χ1) is 11.2. The van der Waals surface area contributed by atoms with Gasteiger partial charge in [0.25, 0.3) is 0 Å². The second-order valence-electron chi connectivity index (χ2n) is 6.13. The molecule has 3 rings (SSSR count). The van der Waals surface area contributed by atoms with Crippen LogP contribution >= 0.6 is 0 Å². The van der Waals surface area contributed by atoms with Gasteiger partial charge in [-0.2, -0.15) is 0 Å². The molecule has 116 valence electrons. The van der Waals surface area contributed by atoms with Crippen molar-refractivity contribution in [3.8, 4) is 0 Å². The van der Waals surface area contributed by atoms with Crippen LogP contribution in [-0.2, 0) is 0 Å². The molecule has 0 aromatic heterocycles. The summed E-state index contributed by atoms with van der Waals surface area (Å²) in [4.78, 5) is 2.31. The van der Waals surface area contributed by atoms with E-state index in [9.17, 15) is 0 Å². The van der Waals surface area contributed by atoms with Crippen molar-refractivity contribution in [3.63, 3.8) is 0 Å². The molecule has 0 aliphatic heterocycles. The Kier molecular flexibility index (Phi) is 4.47. The van der Waals surface area contributed by atoms with Crippen LogP contribution in [0.3, 0.4) is 0 Å². The molecule has 0 bridgehead atoms. The molecule has 0 saturated heterocycles. The first kappa shape index (κ1) is 15.4. The third kappa shape index (κ3) is 3.45. The Morgan fingerprint density at radius 2 is 1.43 bits per heavy atom. The molecule has 1 aliphatic carbocycles. The zero-order valence-corrected chi connectivity index (χ0v) is 13.9. The van der Waals surface area contributed by atoms with Gasteiger partial charge in [0.15, 0.2) is 0 Å². The lowest BCUT2D eigenvalue weighted by Crippen LogP contribution is -2.17. The van der Waals surface area contributed by atoms with Crippen molar-refractivity contribution in [1.29, 1.82) is 0 Å². The molecule has 0 fully saturated rings. The minimum absolute atomic E-state index is 0.441. The molecule has 1 unspecified atom stereocenters. The molecule has 0 N–H and O–H groups in total. The summed E-state index contributed by atoms with van der Waals surface area (Å²) in [6.07, 6.45) is 9.74. The zero-order chi connectivity index (χ0) is 16.2. The summed E-state index contributed by atoms with van der Waals surface area (Å²) in [5, 5.41) is 0. The van der Waals surface area contributed by atoms with E-state index in [2.05, 4.69) is 92.1 Å². The number of hydrogen-bond donors (Lipinski definition) is 0. The van der Waals surface area contributed by atoms with Gasteiger partial charge in [0.05, 0.1) is 0 Å². The van der Waals surface area contributed by atoms with Crippen LogP contribution in [0.25, 0.3) is 0 Å². The van der Waals surface area contributed by atoms with E-state index in [0.717, 1.165) is 6.42 Å². The number of anilines is 2. The van der Waals surface area contributed by atoms with E-state index in [1.54, 1.807) is 0 Å². The minimum atomic E-state index is 0.441. The molecule has 1 aliphatic rings. The van der Waals surface area contributed by atoms with Crippen LogP contribution in [0.5, 0.6) is 0 Å². The van der Waals surface area contributed by atoms with E-state index in [4.69, 9.17) is 0 Å². The maximum absolute atomic E-state index is 3.90. The van der Waals surface area contributed by atoms with Crippen LogP contribution < -0.4 is 4.90 Å². The topological polar surface area (TPSA) is 3.24 Å². The van der Waals surface area contributed by atoms with Crippen LogP contribution in [0.1, 0.15) is 17.5 Å². The smallest absolute Gasteiger partial charge is 0.0461 e. The third-order valence-corrected chi connectivity index (χ3v) is 4.26. The highest BCUT2D eigenvalue weighted by Gasteiger charge is 2.15. The zero-order valence-electron chi connectivity index (χ0n) is 13.9. The molecule has 2 aromatic carbocycles. The molecule has 23 heavy (non-hydrogen) atoms. The number of hydrogen-bond acceptors (Lipinski definition) is 1. The number of nitrogens with zero attached hydrogens (tertiary/aromatic N) is 1. The lowest BCUT2D eigenvalue weighted by Gasteiger charge is -2.28. The molecule has 1 nitrogen and oxygen atoms in total. The van der Waals surface area contributed by atoms with Crippen molar-refractivity contribution in [1.82, 2.24) is 0 Å². The fourth-order valence-corrected chi connectivity index (χ4v) is 2.80. The van der Waals surface area contributed by atoms with Crippen LogP contribution in [0.15, 0.2) is 85.1 Å². The molecule has 0 saturated carbocycles. The summed E-state index contributed by atoms with van der Waals surface area (Å²) in [5.74, 6) is 0.441. The molecular formula is C22H23N. The summed E-state index contributed by atoms with van der Waals surface area (Å²) in [7, 11) is 0. The van der Waals surface area contributed by atoms with Gasteiger partial charge in [0.1, 0.15) is 0 Å². The van der Waals surface area contributed by atoms with E-state index < -0.39 is 0 Å². The summed E-state index contributed by atoms with van der Waals surface area (Å²) in [5.41, 5.74) is 6.14. The molecule has 1 heteroatoms. The minimum Gasteiger partial charge on any atom is -0.311 e. The van der Waals surface area contributed by atoms with E-state index in [0.29, 0.717) is 5.92 Å². The van der Waals surface area contributed by atoms with Crippen molar-refractivity contribution >= 4 is 11.4 Å². The largest absolute Gasteiger partial charge is 0.311 e. The summed E-state index contributed by atoms with van der Waals surface area (Å²) in [6.45, 7) is 8.13. The second-order valence-corrected chi connectivity index (χ2v) is 6.13. The lowest BCUT2D eigenvalue weighted by molar-refractivity contribution is 0.812. The molecule has 0 spiro atoms. The predicted octanol–water partition coefficient (Wildman–Crippen LogP) is 6.09. The van der Waals surface area contributed by atoms with Crippen LogP contribution in [0, 0.1) is 19.8 Å². The van der Waals surface area contributed by atoms with Crippen molar-refractivity contribution < 1.29 is 0 Å². The van der Waals surface area contributed by atoms with Crippen LogP contribution in [0.2, 0.25) is 0 Å². The lowest BCUT2D eigenvalue weighted by atomic mass is 9.98. The highest BCUT2D eigenvalue weighted by molar-refractivity contribution is 5.70. The standard InChI is InChI=1S/C22H23N/c1-4-19-9-15-22(16-10-19)23(20-11-5-17(2)6-12-20)21-13-7-18(3)8-14-21/h4-9,11-16,19H,1,10H2,2-3H3. The van der Waals surface area contributed by atoms with Crippen molar-refractivity contribution in [2.45, 2.75) is 20.3 Å². The molecule has 2 aromatic rings. The monoisotopic (exact) mass is 301 g/mol. The van der Waals surface area contributed by atoms with Gasteiger partial charge in [0.2, 0.25) is 0 Å². The molecule has 0 amide bonds. The second kappa shape index (κ2) is 6.70. The fourth-order valence-electron chi connectivity index (χ4n) is 2.80. The van der Waals surface area contributed by atoms with Gasteiger partial charge in [-0.1, -0.05) is 53.6 Å². The highest BCUT2D eigenvalue weighted by atomic mass is 15.1. The summed E-state index contributed by atoms with van der Waals surface area (Å²) < 4.78 is 0. The number of aryl methyl sites for hydroxylation is 2. The van der Waals surface area contributed by atoms with Gasteiger partial charge in [-0.25, -0.2) is 0 Å². The fraction of sp³-hybridized carbons (Fsp3) is 0.182. The van der Waals surface area contributed by atoms with Crippen molar-refractivity contribution in [2.24, 2.45) is 5.92 Å². The van der Waals surface area contributed by atoms with Crippen LogP contribution in [-0.4, -0.2) is 0 Å². The third-order valence-electron chi connectivity index (χ3n) is 4.26. The first-order valence-electron chi connectivity index (χ1n) is 8.12. The van der Waals surface area contributed by atoms with Gasteiger partial charge in [-0.15, -0.1) is 6.58 Å². The number of rotatable bonds is 4. The van der Waals surface area contributed by atoms with E-state index in [-0.39, 0.29) is 0 Å². The first-order valence-corrected chi connectivity index (χ1v) is 8.12. The Balaban J connectivity index is 2.02. The molecule has 0 radical (unpaired) electrons. The normalized spacial score (nSPS) is 16.8. The maximum atomic E-state index is 3.90. The van der Waals surface area contributed by atoms with Gasteiger partial charge in [-0.3, -0.25) is 0 Å². The van der Waals surface area contributed by atoms with Gasteiger partial charge >= 0.3 is 0 Å². The predicted molar refractivity (Wildman–Crippen MR) is 100 cm³/mol. The number of allylic oxidation sites excluding steroid dienone is 4. The van der Waals surface area contributed by atoms with E-state index >= 15 is 0 Å². The summed E-state index contributed by atoms with van der Waals surface area (Å²) in [6, 6.07) is 17.4. The Bertz CT molecular complexity index is 687. The Hall–Kier alpha value is -2.54. The van der Waals surface area contributed by atoms with Gasteiger partial charge < -0.3 is 4.90 Å². The Morgan fingerprint density at radius 1 is 0.913 bits per heavy atom. The highest BCUT2D eigenvalue weighted by Crippen LogP contribution is 2.33. The van der Waals surface area contributed by atoms with Crippen LogP contribution in [0.4, 0.5) is 11.4 Å². The molecular weight excluding hydrogens is 278 g/mol. The SMILES string of the molecule is C=CC1C=CC(N(c2ccc(C)cc2)c2ccc(C)cc2)=CC1. The summed E-state index contributed by atoms with van der Waals surface area (Å²) >= 11 is 0. The number of benzene rings is 2. The van der Waals surface area contributed by atoms with Gasteiger partial charge in [0, 0.05) is 17.1 Å². The quantitative estimate of drug-likeness (QED) is 0.618. The van der Waals surface area contributed by atoms with Crippen molar-refractivity contribution in [2.75, 3.05) is 4.90 Å². The Morgan fingerprint density at radius 3 is 1.83 bits per heavy atom. The Labute approximate surface area is 139 Å². The average Bonchev–Trinajstić information content (AvgIpc) is 2.59. The van der Waals surface area contributed by atoms with E-state index in [1.165, 1.54) is 28.2 Å². The molecule has 1 atom stereocenters. The van der Waals surface area contributed by atoms with Gasteiger partial charge in [-0.05, 0) is 56.5 Å².